The van der Waals surface area contributed by atoms with E-state index in [2.05, 4.69) is 5.16 Å². The number of thiocarbonyl (C=S) groups is 1. The Morgan fingerprint density at radius 1 is 1.03 bits per heavy atom. The zero-order chi connectivity index (χ0) is 20.7. The van der Waals surface area contributed by atoms with E-state index in [1.807, 2.05) is 85.8 Å². The Morgan fingerprint density at radius 3 is 2.57 bits per heavy atom. The Hall–Kier alpha value is -3.22. The number of rotatable bonds is 3. The topological polar surface area (TPSA) is 46.3 Å². The first-order chi connectivity index (χ1) is 14.6. The van der Waals surface area contributed by atoms with Gasteiger partial charge in [-0.2, -0.15) is 0 Å². The Labute approximate surface area is 183 Å². The normalized spacial score (nSPS) is 15.5. The van der Waals surface area contributed by atoms with Crippen LogP contribution in [-0.2, 0) is 0 Å². The lowest BCUT2D eigenvalue weighted by molar-refractivity contribution is 0.268. The first-order valence-electron chi connectivity index (χ1n) is 9.40. The number of hydrogen-bond acceptors (Lipinski definition) is 5. The summed E-state index contributed by atoms with van der Waals surface area (Å²) in [6.45, 7) is 2.01. The third-order valence-electron chi connectivity index (χ3n) is 4.92. The number of amides is 1. The number of hydrogen-bond donors (Lipinski definition) is 0. The van der Waals surface area contributed by atoms with Crippen molar-refractivity contribution in [2.75, 3.05) is 4.90 Å². The predicted molar refractivity (Wildman–Crippen MR) is 127 cm³/mol. The minimum atomic E-state index is -0.0915. The highest BCUT2D eigenvalue weighted by molar-refractivity contribution is 8.20. The first kappa shape index (κ1) is 18.8. The minimum absolute atomic E-state index is 0.0915. The second kappa shape index (κ2) is 7.55. The summed E-state index contributed by atoms with van der Waals surface area (Å²) in [5.41, 5.74) is 4.61. The monoisotopic (exact) mass is 428 g/mol. The molecule has 0 radical (unpaired) electrons. The van der Waals surface area contributed by atoms with Crippen molar-refractivity contribution in [1.82, 2.24) is 5.16 Å². The highest BCUT2D eigenvalue weighted by atomic mass is 32.2. The maximum atomic E-state index is 12.6. The Morgan fingerprint density at radius 2 is 1.80 bits per heavy atom. The van der Waals surface area contributed by atoms with Crippen molar-refractivity contribution < 1.29 is 9.32 Å². The van der Waals surface area contributed by atoms with Gasteiger partial charge in [0, 0.05) is 5.56 Å². The van der Waals surface area contributed by atoms with E-state index in [9.17, 15) is 4.79 Å². The van der Waals surface area contributed by atoms with Crippen LogP contribution in [0.15, 0.2) is 82.2 Å². The molecule has 1 amide bonds. The van der Waals surface area contributed by atoms with Gasteiger partial charge in [0.05, 0.1) is 16.0 Å². The molecule has 0 N–H and O–H groups in total. The van der Waals surface area contributed by atoms with Gasteiger partial charge in [0.25, 0.3) is 5.24 Å². The number of fused-ring (bicyclic) bond motifs is 1. The molecule has 0 bridgehead atoms. The van der Waals surface area contributed by atoms with Crippen LogP contribution in [0, 0.1) is 6.92 Å². The summed E-state index contributed by atoms with van der Waals surface area (Å²) in [4.78, 5) is 15.5. The lowest BCUT2D eigenvalue weighted by Gasteiger charge is -2.14. The fraction of sp³-hybridized carbons (Fsp3) is 0.0417. The smallest absolute Gasteiger partial charge is 0.296 e. The summed E-state index contributed by atoms with van der Waals surface area (Å²) in [5, 5.41) is 5.00. The molecule has 0 spiro atoms. The zero-order valence-corrected chi connectivity index (χ0v) is 17.7. The molecule has 4 nitrogen and oxygen atoms in total. The number of carbonyl (C=O) groups excluding carboxylic acids is 1. The summed E-state index contributed by atoms with van der Waals surface area (Å²) in [7, 11) is 0. The number of nitrogens with zero attached hydrogens (tertiary/aromatic N) is 2. The highest BCUT2D eigenvalue weighted by Crippen LogP contribution is 2.37. The molecular weight excluding hydrogens is 412 g/mol. The summed E-state index contributed by atoms with van der Waals surface area (Å²) in [6, 6.07) is 23.5. The third-order valence-corrected chi connectivity index (χ3v) is 6.34. The number of aryl methyl sites for hydroxylation is 1. The van der Waals surface area contributed by atoms with E-state index in [1.54, 1.807) is 4.90 Å². The summed E-state index contributed by atoms with van der Waals surface area (Å²) in [6.07, 6.45) is 1.94. The minimum Gasteiger partial charge on any atom is -0.355 e. The van der Waals surface area contributed by atoms with Gasteiger partial charge in [-0.05, 0) is 54.6 Å². The number of carbonyl (C=O) groups is 1. The van der Waals surface area contributed by atoms with Crippen LogP contribution in [0.2, 0.25) is 0 Å². The molecule has 1 saturated heterocycles. The van der Waals surface area contributed by atoms with Crippen LogP contribution in [0.1, 0.15) is 11.1 Å². The quantitative estimate of drug-likeness (QED) is 0.264. The Balaban J connectivity index is 1.51. The molecule has 1 fully saturated rings. The Bertz CT molecular complexity index is 1310. The van der Waals surface area contributed by atoms with E-state index in [0.717, 1.165) is 55.7 Å². The van der Waals surface area contributed by atoms with Crippen molar-refractivity contribution in [3.05, 3.63) is 88.8 Å². The van der Waals surface area contributed by atoms with E-state index in [-0.39, 0.29) is 5.24 Å². The molecule has 5 rings (SSSR count). The molecule has 1 aliphatic heterocycles. The maximum absolute atomic E-state index is 12.6. The molecule has 1 aromatic heterocycles. The Kier molecular flexibility index (Phi) is 4.73. The molecule has 0 saturated carbocycles. The van der Waals surface area contributed by atoms with Crippen LogP contribution < -0.4 is 4.90 Å². The van der Waals surface area contributed by atoms with Crippen molar-refractivity contribution in [1.29, 1.82) is 0 Å². The number of thioether (sulfide) groups is 1. The van der Waals surface area contributed by atoms with Crippen LogP contribution in [0.4, 0.5) is 10.5 Å². The summed E-state index contributed by atoms with van der Waals surface area (Å²) >= 11 is 6.77. The van der Waals surface area contributed by atoms with Crippen LogP contribution in [0.5, 0.6) is 0 Å². The van der Waals surface area contributed by atoms with Crippen molar-refractivity contribution in [3.8, 4) is 11.3 Å². The van der Waals surface area contributed by atoms with Gasteiger partial charge in [-0.15, -0.1) is 0 Å². The van der Waals surface area contributed by atoms with Crippen molar-refractivity contribution in [2.24, 2.45) is 0 Å². The van der Waals surface area contributed by atoms with Gasteiger partial charge in [-0.3, -0.25) is 9.69 Å². The van der Waals surface area contributed by atoms with Crippen molar-refractivity contribution in [2.45, 2.75) is 6.92 Å². The van der Waals surface area contributed by atoms with Crippen LogP contribution in [0.3, 0.4) is 0 Å². The second-order valence-electron chi connectivity index (χ2n) is 7.01. The van der Waals surface area contributed by atoms with E-state index >= 15 is 0 Å². The van der Waals surface area contributed by atoms with Gasteiger partial charge < -0.3 is 4.52 Å². The maximum Gasteiger partial charge on any atom is 0.296 e. The molecule has 0 unspecified atom stereocenters. The SMILES string of the molecule is Cc1ccc(N2C(=O)SC(=Cc3ccc4noc(-c5ccccc5)c4c3)C2=S)cc1. The standard InChI is InChI=1S/C24H16N2O2S2/c1-15-7-10-18(11-8-15)26-23(29)21(30-24(26)27)14-16-9-12-20-19(13-16)22(28-25-20)17-5-3-2-4-6-17/h2-14H,1H3. The predicted octanol–water partition coefficient (Wildman–Crippen LogP) is 6.84. The van der Waals surface area contributed by atoms with E-state index in [0.29, 0.717) is 4.99 Å². The molecule has 3 aromatic carbocycles. The van der Waals surface area contributed by atoms with Crippen LogP contribution in [-0.4, -0.2) is 15.4 Å². The van der Waals surface area contributed by atoms with Crippen LogP contribution in [0.25, 0.3) is 28.3 Å². The summed E-state index contributed by atoms with van der Waals surface area (Å²) < 4.78 is 5.58. The number of benzene rings is 3. The third kappa shape index (κ3) is 3.34. The molecule has 2 heterocycles. The molecule has 6 heteroatoms. The number of anilines is 1. The van der Waals surface area contributed by atoms with E-state index < -0.39 is 0 Å². The van der Waals surface area contributed by atoms with Crippen molar-refractivity contribution >= 4 is 56.9 Å². The second-order valence-corrected chi connectivity index (χ2v) is 8.39. The molecule has 1 aliphatic rings. The van der Waals surface area contributed by atoms with Gasteiger partial charge in [0.15, 0.2) is 5.76 Å². The largest absolute Gasteiger partial charge is 0.355 e. The van der Waals surface area contributed by atoms with Crippen molar-refractivity contribution in [3.63, 3.8) is 0 Å². The van der Waals surface area contributed by atoms with Gasteiger partial charge >= 0.3 is 0 Å². The summed E-state index contributed by atoms with van der Waals surface area (Å²) in [5.74, 6) is 0.727. The lowest BCUT2D eigenvalue weighted by Crippen LogP contribution is -2.26. The van der Waals surface area contributed by atoms with Gasteiger partial charge in [0.2, 0.25) is 0 Å². The van der Waals surface area contributed by atoms with E-state index in [4.69, 9.17) is 16.7 Å². The van der Waals surface area contributed by atoms with E-state index in [1.165, 1.54) is 0 Å². The van der Waals surface area contributed by atoms with Gasteiger partial charge in [-0.1, -0.05) is 71.5 Å². The first-order valence-corrected chi connectivity index (χ1v) is 10.6. The molecular formula is C24H16N2O2S2. The zero-order valence-electron chi connectivity index (χ0n) is 16.0. The average molecular weight is 429 g/mol. The molecule has 4 aromatic rings. The average Bonchev–Trinajstić information content (AvgIpc) is 3.30. The highest BCUT2D eigenvalue weighted by Gasteiger charge is 2.32. The molecule has 146 valence electrons. The molecule has 0 aliphatic carbocycles. The fourth-order valence-corrected chi connectivity index (χ4v) is 4.66. The number of aromatic nitrogens is 1. The molecule has 0 atom stereocenters. The fourth-order valence-electron chi connectivity index (χ4n) is 3.38. The lowest BCUT2D eigenvalue weighted by atomic mass is 10.1. The van der Waals surface area contributed by atoms with Gasteiger partial charge in [0.1, 0.15) is 10.5 Å². The van der Waals surface area contributed by atoms with Gasteiger partial charge in [-0.25, -0.2) is 0 Å². The molecule has 30 heavy (non-hydrogen) atoms. The van der Waals surface area contributed by atoms with Crippen LogP contribution >= 0.6 is 24.0 Å².